The average molecular weight is 230 g/mol. The smallest absolute Gasteiger partial charge is 0.209 e. The molecule has 15 heavy (non-hydrogen) atoms. The topological polar surface area (TPSA) is 98.0 Å². The molecule has 0 spiro atoms. The number of hydrogen-bond donors (Lipinski definition) is 2. The van der Waals surface area contributed by atoms with Gasteiger partial charge in [-0.25, -0.2) is 23.5 Å². The molecule has 0 aliphatic rings. The van der Waals surface area contributed by atoms with E-state index < -0.39 is 10.0 Å². The number of aryl methyl sites for hydroxylation is 1. The molecule has 1 aromatic heterocycles. The predicted octanol–water partition coefficient (Wildman–Crippen LogP) is -0.124. The van der Waals surface area contributed by atoms with Crippen molar-refractivity contribution in [3.8, 4) is 0 Å². The summed E-state index contributed by atoms with van der Waals surface area (Å²) in [6, 6.07) is 1.79. The maximum Gasteiger partial charge on any atom is 0.209 e. The van der Waals surface area contributed by atoms with Crippen LogP contribution in [0.2, 0.25) is 0 Å². The summed E-state index contributed by atoms with van der Waals surface area (Å²) < 4.78 is 21.2. The van der Waals surface area contributed by atoms with Crippen molar-refractivity contribution in [2.45, 2.75) is 13.3 Å². The minimum Gasteiger partial charge on any atom is -0.370 e. The van der Waals surface area contributed by atoms with Crippen molar-refractivity contribution in [1.29, 1.82) is 0 Å². The molecule has 0 atom stereocenters. The van der Waals surface area contributed by atoms with Gasteiger partial charge in [-0.1, -0.05) is 0 Å². The van der Waals surface area contributed by atoms with Gasteiger partial charge in [0, 0.05) is 18.3 Å². The Bertz CT molecular complexity index is 418. The monoisotopic (exact) mass is 230 g/mol. The van der Waals surface area contributed by atoms with Crippen LogP contribution in [0.1, 0.15) is 12.1 Å². The lowest BCUT2D eigenvalue weighted by molar-refractivity contribution is 0.595. The molecule has 1 rings (SSSR count). The van der Waals surface area contributed by atoms with E-state index in [1.165, 1.54) is 6.33 Å². The normalized spacial score (nSPS) is 11.3. The molecule has 0 radical (unpaired) electrons. The molecule has 0 bridgehead atoms. The van der Waals surface area contributed by atoms with Crippen LogP contribution in [-0.4, -0.2) is 30.7 Å². The fourth-order valence-electron chi connectivity index (χ4n) is 1.04. The van der Waals surface area contributed by atoms with Gasteiger partial charge < -0.3 is 5.32 Å². The molecule has 0 aliphatic heterocycles. The first-order valence-corrected chi connectivity index (χ1v) is 6.22. The number of aromatic nitrogens is 2. The second-order valence-electron chi connectivity index (χ2n) is 3.19. The van der Waals surface area contributed by atoms with Gasteiger partial charge in [-0.3, -0.25) is 0 Å². The summed E-state index contributed by atoms with van der Waals surface area (Å²) >= 11 is 0. The highest BCUT2D eigenvalue weighted by Gasteiger charge is 2.01. The molecule has 0 unspecified atom stereocenters. The van der Waals surface area contributed by atoms with Gasteiger partial charge in [-0.2, -0.15) is 0 Å². The minimum absolute atomic E-state index is 0.0237. The van der Waals surface area contributed by atoms with Crippen molar-refractivity contribution in [2.75, 3.05) is 17.6 Å². The van der Waals surface area contributed by atoms with E-state index in [0.717, 1.165) is 5.69 Å². The molecule has 6 nitrogen and oxygen atoms in total. The van der Waals surface area contributed by atoms with Crippen LogP contribution in [0.3, 0.4) is 0 Å². The highest BCUT2D eigenvalue weighted by Crippen LogP contribution is 2.02. The van der Waals surface area contributed by atoms with E-state index in [1.807, 2.05) is 6.92 Å². The van der Waals surface area contributed by atoms with Crippen LogP contribution in [0.5, 0.6) is 0 Å². The molecule has 7 heteroatoms. The SMILES string of the molecule is Cc1cc(NCCCS(N)(=O)=O)ncn1. The maximum atomic E-state index is 10.6. The lowest BCUT2D eigenvalue weighted by Gasteiger charge is -2.04. The fraction of sp³-hybridized carbons (Fsp3) is 0.500. The third-order valence-corrected chi connectivity index (χ3v) is 2.57. The van der Waals surface area contributed by atoms with Gasteiger partial charge in [0.1, 0.15) is 12.1 Å². The Morgan fingerprint density at radius 3 is 2.80 bits per heavy atom. The fourth-order valence-corrected chi connectivity index (χ4v) is 1.59. The van der Waals surface area contributed by atoms with Gasteiger partial charge in [0.05, 0.1) is 5.75 Å². The Kier molecular flexibility index (Phi) is 3.98. The minimum atomic E-state index is -3.36. The maximum absolute atomic E-state index is 10.6. The third kappa shape index (κ3) is 5.28. The molecule has 3 N–H and O–H groups in total. The van der Waals surface area contributed by atoms with Crippen molar-refractivity contribution < 1.29 is 8.42 Å². The van der Waals surface area contributed by atoms with E-state index in [0.29, 0.717) is 18.8 Å². The number of rotatable bonds is 5. The van der Waals surface area contributed by atoms with E-state index in [2.05, 4.69) is 15.3 Å². The molecule has 0 aromatic carbocycles. The van der Waals surface area contributed by atoms with Gasteiger partial charge >= 0.3 is 0 Å². The summed E-state index contributed by atoms with van der Waals surface area (Å²) in [7, 11) is -3.36. The zero-order valence-electron chi connectivity index (χ0n) is 8.47. The standard InChI is InChI=1S/C8H14N4O2S/c1-7-5-8(12-6-11-7)10-3-2-4-15(9,13)14/h5-6H,2-4H2,1H3,(H2,9,13,14)(H,10,11,12). The Morgan fingerprint density at radius 2 is 2.20 bits per heavy atom. The van der Waals surface area contributed by atoms with Crippen LogP contribution < -0.4 is 10.5 Å². The van der Waals surface area contributed by atoms with E-state index in [4.69, 9.17) is 5.14 Å². The molecular formula is C8H14N4O2S. The highest BCUT2D eigenvalue weighted by molar-refractivity contribution is 7.89. The summed E-state index contributed by atoms with van der Waals surface area (Å²) in [6.07, 6.45) is 1.92. The van der Waals surface area contributed by atoms with Crippen LogP contribution in [0, 0.1) is 6.92 Å². The van der Waals surface area contributed by atoms with Crippen LogP contribution in [-0.2, 0) is 10.0 Å². The second-order valence-corrected chi connectivity index (χ2v) is 4.93. The molecule has 0 aliphatic carbocycles. The predicted molar refractivity (Wildman–Crippen MR) is 57.8 cm³/mol. The van der Waals surface area contributed by atoms with Gasteiger partial charge in [-0.05, 0) is 13.3 Å². The molecule has 0 saturated carbocycles. The van der Waals surface area contributed by atoms with Crippen molar-refractivity contribution >= 4 is 15.8 Å². The number of nitrogens with two attached hydrogens (primary N) is 1. The van der Waals surface area contributed by atoms with Crippen molar-refractivity contribution in [3.05, 3.63) is 18.1 Å². The number of primary sulfonamides is 1. The van der Waals surface area contributed by atoms with E-state index in [1.54, 1.807) is 6.07 Å². The molecular weight excluding hydrogens is 216 g/mol. The van der Waals surface area contributed by atoms with Crippen molar-refractivity contribution in [1.82, 2.24) is 9.97 Å². The van der Waals surface area contributed by atoms with Crippen LogP contribution in [0.25, 0.3) is 0 Å². The molecule has 1 heterocycles. The van der Waals surface area contributed by atoms with Gasteiger partial charge in [0.15, 0.2) is 0 Å². The lowest BCUT2D eigenvalue weighted by atomic mass is 10.4. The van der Waals surface area contributed by atoms with Crippen molar-refractivity contribution in [2.24, 2.45) is 5.14 Å². The third-order valence-electron chi connectivity index (χ3n) is 1.72. The average Bonchev–Trinajstić information content (AvgIpc) is 2.11. The summed E-state index contributed by atoms with van der Waals surface area (Å²) in [5, 5.41) is 7.84. The Morgan fingerprint density at radius 1 is 1.47 bits per heavy atom. The first-order chi connectivity index (χ1) is 6.97. The number of anilines is 1. The molecule has 0 amide bonds. The van der Waals surface area contributed by atoms with Crippen LogP contribution in [0.4, 0.5) is 5.82 Å². The highest BCUT2D eigenvalue weighted by atomic mass is 32.2. The Hall–Kier alpha value is -1.21. The number of sulfonamides is 1. The Balaban J connectivity index is 2.32. The largest absolute Gasteiger partial charge is 0.370 e. The Labute approximate surface area is 89.0 Å². The van der Waals surface area contributed by atoms with Gasteiger partial charge in [0.25, 0.3) is 0 Å². The molecule has 0 saturated heterocycles. The quantitative estimate of drug-likeness (QED) is 0.687. The first kappa shape index (κ1) is 11.9. The van der Waals surface area contributed by atoms with E-state index in [-0.39, 0.29) is 5.75 Å². The second kappa shape index (κ2) is 5.04. The first-order valence-electron chi connectivity index (χ1n) is 4.50. The number of hydrogen-bond acceptors (Lipinski definition) is 5. The van der Waals surface area contributed by atoms with Gasteiger partial charge in [0.2, 0.25) is 10.0 Å². The number of nitrogens with one attached hydrogen (secondary N) is 1. The number of nitrogens with zero attached hydrogens (tertiary/aromatic N) is 2. The lowest BCUT2D eigenvalue weighted by Crippen LogP contribution is -2.18. The van der Waals surface area contributed by atoms with Crippen molar-refractivity contribution in [3.63, 3.8) is 0 Å². The molecule has 1 aromatic rings. The molecule has 0 fully saturated rings. The molecule has 84 valence electrons. The summed E-state index contributed by atoms with van der Waals surface area (Å²) in [5.74, 6) is 0.668. The van der Waals surface area contributed by atoms with Crippen LogP contribution in [0.15, 0.2) is 12.4 Å². The van der Waals surface area contributed by atoms with E-state index >= 15 is 0 Å². The zero-order valence-corrected chi connectivity index (χ0v) is 9.29. The van der Waals surface area contributed by atoms with E-state index in [9.17, 15) is 8.42 Å². The summed E-state index contributed by atoms with van der Waals surface area (Å²) in [6.45, 7) is 2.38. The summed E-state index contributed by atoms with van der Waals surface area (Å²) in [5.41, 5.74) is 0.860. The summed E-state index contributed by atoms with van der Waals surface area (Å²) in [4.78, 5) is 7.91. The van der Waals surface area contributed by atoms with Crippen LogP contribution >= 0.6 is 0 Å². The zero-order chi connectivity index (χ0) is 11.3. The van der Waals surface area contributed by atoms with Gasteiger partial charge in [-0.15, -0.1) is 0 Å².